The summed E-state index contributed by atoms with van der Waals surface area (Å²) >= 11 is 0. The number of amides is 2. The number of anilines is 2. The molecule has 24 heavy (non-hydrogen) atoms. The van der Waals surface area contributed by atoms with Gasteiger partial charge in [0.2, 0.25) is 5.91 Å². The SMILES string of the molecule is CCC(=O)Nc1cc(C(=O)Nc2ccc(OC)cc2)ccc1OC. The van der Waals surface area contributed by atoms with Gasteiger partial charge >= 0.3 is 0 Å². The van der Waals surface area contributed by atoms with Crippen LogP contribution in [0.4, 0.5) is 11.4 Å². The number of hydrogen-bond acceptors (Lipinski definition) is 4. The first kappa shape index (κ1) is 17.3. The van der Waals surface area contributed by atoms with E-state index in [4.69, 9.17) is 9.47 Å². The Hall–Kier alpha value is -3.02. The molecule has 2 rings (SSSR count). The summed E-state index contributed by atoms with van der Waals surface area (Å²) < 4.78 is 10.3. The van der Waals surface area contributed by atoms with Crippen molar-refractivity contribution in [1.82, 2.24) is 0 Å². The molecule has 0 radical (unpaired) electrons. The van der Waals surface area contributed by atoms with Gasteiger partial charge in [0.1, 0.15) is 11.5 Å². The van der Waals surface area contributed by atoms with E-state index in [-0.39, 0.29) is 11.8 Å². The Kier molecular flexibility index (Phi) is 5.78. The van der Waals surface area contributed by atoms with E-state index in [0.29, 0.717) is 34.9 Å². The molecule has 0 atom stereocenters. The summed E-state index contributed by atoms with van der Waals surface area (Å²) in [5, 5.41) is 5.52. The van der Waals surface area contributed by atoms with Crippen molar-refractivity contribution in [2.24, 2.45) is 0 Å². The molecule has 2 amide bonds. The van der Waals surface area contributed by atoms with Crippen LogP contribution >= 0.6 is 0 Å². The second kappa shape index (κ2) is 8.01. The standard InChI is InChI=1S/C18H20N2O4/c1-4-17(21)20-15-11-12(5-10-16(15)24-3)18(22)19-13-6-8-14(23-2)9-7-13/h5-11H,4H2,1-3H3,(H,19,22)(H,20,21). The molecule has 2 N–H and O–H groups in total. The molecule has 6 nitrogen and oxygen atoms in total. The summed E-state index contributed by atoms with van der Waals surface area (Å²) in [7, 11) is 3.09. The van der Waals surface area contributed by atoms with E-state index < -0.39 is 0 Å². The average Bonchev–Trinajstić information content (AvgIpc) is 2.62. The Morgan fingerprint density at radius 3 is 2.25 bits per heavy atom. The third-order valence-electron chi connectivity index (χ3n) is 3.40. The van der Waals surface area contributed by atoms with Crippen molar-refractivity contribution < 1.29 is 19.1 Å². The van der Waals surface area contributed by atoms with Crippen molar-refractivity contribution in [3.8, 4) is 11.5 Å². The van der Waals surface area contributed by atoms with Crippen LogP contribution in [0.5, 0.6) is 11.5 Å². The molecule has 0 aromatic heterocycles. The molecule has 2 aromatic carbocycles. The molecule has 0 fully saturated rings. The zero-order valence-corrected chi connectivity index (χ0v) is 13.9. The number of rotatable bonds is 6. The fraction of sp³-hybridized carbons (Fsp3) is 0.222. The van der Waals surface area contributed by atoms with Gasteiger partial charge in [0, 0.05) is 17.7 Å². The lowest BCUT2D eigenvalue weighted by molar-refractivity contribution is -0.115. The molecule has 0 heterocycles. The molecule has 0 spiro atoms. The Balaban J connectivity index is 2.18. The summed E-state index contributed by atoms with van der Waals surface area (Å²) in [6.07, 6.45) is 0.339. The van der Waals surface area contributed by atoms with E-state index in [1.54, 1.807) is 56.5 Å². The number of nitrogens with one attached hydrogen (secondary N) is 2. The minimum absolute atomic E-state index is 0.152. The lowest BCUT2D eigenvalue weighted by Gasteiger charge is -2.12. The van der Waals surface area contributed by atoms with Gasteiger partial charge in [0.15, 0.2) is 0 Å². The van der Waals surface area contributed by atoms with Gasteiger partial charge in [0.05, 0.1) is 19.9 Å². The predicted octanol–water partition coefficient (Wildman–Crippen LogP) is 3.30. The maximum Gasteiger partial charge on any atom is 0.255 e. The van der Waals surface area contributed by atoms with Crippen LogP contribution < -0.4 is 20.1 Å². The fourth-order valence-electron chi connectivity index (χ4n) is 2.06. The Bertz CT molecular complexity index is 726. The molecule has 6 heteroatoms. The highest BCUT2D eigenvalue weighted by molar-refractivity contribution is 6.05. The van der Waals surface area contributed by atoms with Crippen molar-refractivity contribution in [3.63, 3.8) is 0 Å². The van der Waals surface area contributed by atoms with E-state index >= 15 is 0 Å². The number of hydrogen-bond donors (Lipinski definition) is 2. The smallest absolute Gasteiger partial charge is 0.255 e. The maximum atomic E-state index is 12.4. The predicted molar refractivity (Wildman–Crippen MR) is 92.9 cm³/mol. The minimum atomic E-state index is -0.283. The number of benzene rings is 2. The molecule has 0 unspecified atom stereocenters. The Morgan fingerprint density at radius 1 is 0.958 bits per heavy atom. The first-order chi connectivity index (χ1) is 11.6. The molecule has 0 aliphatic heterocycles. The number of carbonyl (C=O) groups excluding carboxylic acids is 2. The van der Waals surface area contributed by atoms with Crippen LogP contribution in [0.2, 0.25) is 0 Å². The van der Waals surface area contributed by atoms with Gasteiger partial charge < -0.3 is 20.1 Å². The van der Waals surface area contributed by atoms with Crippen LogP contribution in [-0.4, -0.2) is 26.0 Å². The quantitative estimate of drug-likeness (QED) is 0.853. The number of ether oxygens (including phenoxy) is 2. The molecule has 0 aliphatic rings. The molecular formula is C18H20N2O4. The summed E-state index contributed by atoms with van der Waals surface area (Å²) in [5.74, 6) is 0.774. The first-order valence-electron chi connectivity index (χ1n) is 7.50. The molecule has 126 valence electrons. The lowest BCUT2D eigenvalue weighted by Crippen LogP contribution is -2.14. The molecular weight excluding hydrogens is 308 g/mol. The normalized spacial score (nSPS) is 9.96. The van der Waals surface area contributed by atoms with Crippen LogP contribution in [0, 0.1) is 0 Å². The van der Waals surface area contributed by atoms with Crippen molar-refractivity contribution >= 4 is 23.2 Å². The topological polar surface area (TPSA) is 76.7 Å². The van der Waals surface area contributed by atoms with Crippen molar-refractivity contribution in [1.29, 1.82) is 0 Å². The fourth-order valence-corrected chi connectivity index (χ4v) is 2.06. The highest BCUT2D eigenvalue weighted by Crippen LogP contribution is 2.26. The third-order valence-corrected chi connectivity index (χ3v) is 3.40. The van der Waals surface area contributed by atoms with Gasteiger partial charge in [0.25, 0.3) is 5.91 Å². The second-order valence-corrected chi connectivity index (χ2v) is 5.00. The third kappa shape index (κ3) is 4.25. The van der Waals surface area contributed by atoms with Gasteiger partial charge in [-0.15, -0.1) is 0 Å². The molecule has 0 saturated heterocycles. The molecule has 2 aromatic rings. The van der Waals surface area contributed by atoms with Gasteiger partial charge in [-0.1, -0.05) is 6.92 Å². The van der Waals surface area contributed by atoms with E-state index in [1.807, 2.05) is 0 Å². The summed E-state index contributed by atoms with van der Waals surface area (Å²) in [4.78, 5) is 24.0. The van der Waals surface area contributed by atoms with Crippen LogP contribution in [0.15, 0.2) is 42.5 Å². The zero-order valence-electron chi connectivity index (χ0n) is 13.9. The summed E-state index contributed by atoms with van der Waals surface area (Å²) in [6.45, 7) is 1.75. The monoisotopic (exact) mass is 328 g/mol. The minimum Gasteiger partial charge on any atom is -0.497 e. The first-order valence-corrected chi connectivity index (χ1v) is 7.50. The largest absolute Gasteiger partial charge is 0.497 e. The molecule has 0 aliphatic carbocycles. The van der Waals surface area contributed by atoms with E-state index in [2.05, 4.69) is 10.6 Å². The summed E-state index contributed by atoms with van der Waals surface area (Å²) in [5.41, 5.74) is 1.53. The molecule has 0 bridgehead atoms. The number of carbonyl (C=O) groups is 2. The van der Waals surface area contributed by atoms with E-state index in [0.717, 1.165) is 0 Å². The highest BCUT2D eigenvalue weighted by atomic mass is 16.5. The lowest BCUT2D eigenvalue weighted by atomic mass is 10.1. The highest BCUT2D eigenvalue weighted by Gasteiger charge is 2.12. The van der Waals surface area contributed by atoms with Crippen molar-refractivity contribution in [3.05, 3.63) is 48.0 Å². The average molecular weight is 328 g/mol. The van der Waals surface area contributed by atoms with Crippen molar-refractivity contribution in [2.45, 2.75) is 13.3 Å². The van der Waals surface area contributed by atoms with Gasteiger partial charge in [-0.2, -0.15) is 0 Å². The maximum absolute atomic E-state index is 12.4. The van der Waals surface area contributed by atoms with Gasteiger partial charge in [-0.25, -0.2) is 0 Å². The van der Waals surface area contributed by atoms with Crippen molar-refractivity contribution in [2.75, 3.05) is 24.9 Å². The van der Waals surface area contributed by atoms with Crippen LogP contribution in [0.1, 0.15) is 23.7 Å². The molecule has 0 saturated carbocycles. The van der Waals surface area contributed by atoms with E-state index in [9.17, 15) is 9.59 Å². The Morgan fingerprint density at radius 2 is 1.67 bits per heavy atom. The Labute approximate surface area is 140 Å². The van der Waals surface area contributed by atoms with Crippen LogP contribution in [0.3, 0.4) is 0 Å². The number of methoxy groups -OCH3 is 2. The summed E-state index contributed by atoms with van der Waals surface area (Å²) in [6, 6.07) is 11.9. The van der Waals surface area contributed by atoms with Gasteiger partial charge in [-0.05, 0) is 42.5 Å². The van der Waals surface area contributed by atoms with Gasteiger partial charge in [-0.3, -0.25) is 9.59 Å². The van der Waals surface area contributed by atoms with E-state index in [1.165, 1.54) is 7.11 Å². The van der Waals surface area contributed by atoms with Crippen LogP contribution in [0.25, 0.3) is 0 Å². The van der Waals surface area contributed by atoms with Crippen LogP contribution in [-0.2, 0) is 4.79 Å². The second-order valence-electron chi connectivity index (χ2n) is 5.00. The zero-order chi connectivity index (χ0) is 17.5.